The van der Waals surface area contributed by atoms with Crippen LogP contribution in [0.15, 0.2) is 60.8 Å². The van der Waals surface area contributed by atoms with Crippen LogP contribution in [0.3, 0.4) is 0 Å². The summed E-state index contributed by atoms with van der Waals surface area (Å²) in [6, 6.07) is 20.5. The Morgan fingerprint density at radius 3 is 2.52 bits per heavy atom. The highest BCUT2D eigenvalue weighted by atomic mass is 16.6. The van der Waals surface area contributed by atoms with Gasteiger partial charge in [-0.05, 0) is 55.2 Å². The van der Waals surface area contributed by atoms with Crippen molar-refractivity contribution in [2.24, 2.45) is 0 Å². The van der Waals surface area contributed by atoms with Crippen molar-refractivity contribution in [3.05, 3.63) is 88.6 Å². The van der Waals surface area contributed by atoms with Gasteiger partial charge in [0.05, 0.1) is 18.2 Å². The van der Waals surface area contributed by atoms with Crippen LogP contribution in [0.1, 0.15) is 40.8 Å². The standard InChI is InChI=1S/C28H25N3O2/c1-4-33-28(32)30-15-14-21-18(2)27-26(19(3)25(21)24(30)16-29)22-12-8-9-13-23(22)31(27)17-20-10-6-5-7-11-20/h5-15,24H,4,17H2,1-3H3. The normalized spacial score (nSPS) is 15.0. The molecule has 5 nitrogen and oxygen atoms in total. The number of ether oxygens (including phenoxy) is 1. The minimum absolute atomic E-state index is 0.262. The fraction of sp³-hybridized carbons (Fsp3) is 0.214. The first-order valence-electron chi connectivity index (χ1n) is 11.2. The lowest BCUT2D eigenvalue weighted by atomic mass is 9.86. The van der Waals surface area contributed by atoms with E-state index in [1.807, 2.05) is 12.1 Å². The number of rotatable bonds is 3. The molecular weight excluding hydrogens is 410 g/mol. The molecule has 2 heterocycles. The SMILES string of the molecule is CCOC(=O)N1C=Cc2c(c(C)c3c4ccccc4n(Cc4ccccc4)c3c2C)C1C#N. The Morgan fingerprint density at radius 2 is 1.79 bits per heavy atom. The van der Waals surface area contributed by atoms with E-state index in [4.69, 9.17) is 4.74 Å². The van der Waals surface area contributed by atoms with Crippen molar-refractivity contribution in [3.63, 3.8) is 0 Å². The van der Waals surface area contributed by atoms with Crippen LogP contribution in [-0.2, 0) is 11.3 Å². The van der Waals surface area contributed by atoms with Gasteiger partial charge < -0.3 is 9.30 Å². The number of amides is 1. The maximum Gasteiger partial charge on any atom is 0.415 e. The van der Waals surface area contributed by atoms with Crippen LogP contribution < -0.4 is 0 Å². The monoisotopic (exact) mass is 435 g/mol. The highest BCUT2D eigenvalue weighted by Gasteiger charge is 2.33. The molecule has 1 aliphatic rings. The summed E-state index contributed by atoms with van der Waals surface area (Å²) >= 11 is 0. The van der Waals surface area contributed by atoms with Crippen molar-refractivity contribution in [3.8, 4) is 6.07 Å². The number of nitriles is 1. The van der Waals surface area contributed by atoms with E-state index in [2.05, 4.69) is 73.0 Å². The molecule has 0 spiro atoms. The molecule has 0 saturated heterocycles. The number of nitrogens with zero attached hydrogens (tertiary/aromatic N) is 3. The number of hydrogen-bond acceptors (Lipinski definition) is 3. The number of para-hydroxylation sites is 1. The number of carbonyl (C=O) groups excluding carboxylic acids is 1. The lowest BCUT2D eigenvalue weighted by Crippen LogP contribution is -2.33. The lowest BCUT2D eigenvalue weighted by Gasteiger charge is -2.30. The van der Waals surface area contributed by atoms with E-state index < -0.39 is 12.1 Å². The molecule has 1 unspecified atom stereocenters. The topological polar surface area (TPSA) is 58.3 Å². The number of aromatic nitrogens is 1. The Labute approximate surface area is 193 Å². The van der Waals surface area contributed by atoms with Gasteiger partial charge in [-0.15, -0.1) is 0 Å². The van der Waals surface area contributed by atoms with Crippen molar-refractivity contribution >= 4 is 34.0 Å². The molecule has 1 amide bonds. The molecule has 1 atom stereocenters. The predicted molar refractivity (Wildman–Crippen MR) is 131 cm³/mol. The second kappa shape index (κ2) is 8.14. The summed E-state index contributed by atoms with van der Waals surface area (Å²) < 4.78 is 7.58. The molecule has 0 radical (unpaired) electrons. The second-order valence-corrected chi connectivity index (χ2v) is 8.34. The molecular formula is C28H25N3O2. The second-order valence-electron chi connectivity index (χ2n) is 8.34. The predicted octanol–water partition coefficient (Wildman–Crippen LogP) is 6.47. The summed E-state index contributed by atoms with van der Waals surface area (Å²) in [6.07, 6.45) is 3.11. The molecule has 164 valence electrons. The van der Waals surface area contributed by atoms with Gasteiger partial charge in [0.15, 0.2) is 6.04 Å². The zero-order valence-corrected chi connectivity index (χ0v) is 19.0. The van der Waals surface area contributed by atoms with E-state index in [9.17, 15) is 10.1 Å². The van der Waals surface area contributed by atoms with Gasteiger partial charge in [-0.3, -0.25) is 4.90 Å². The quantitative estimate of drug-likeness (QED) is 0.371. The average Bonchev–Trinajstić information content (AvgIpc) is 3.17. The van der Waals surface area contributed by atoms with E-state index in [0.717, 1.165) is 45.1 Å². The van der Waals surface area contributed by atoms with Gasteiger partial charge in [-0.1, -0.05) is 48.5 Å². The van der Waals surface area contributed by atoms with Gasteiger partial charge in [0.1, 0.15) is 0 Å². The zero-order chi connectivity index (χ0) is 23.1. The summed E-state index contributed by atoms with van der Waals surface area (Å²) in [5.74, 6) is 0. The van der Waals surface area contributed by atoms with Crippen LogP contribution in [0.5, 0.6) is 0 Å². The zero-order valence-electron chi connectivity index (χ0n) is 19.0. The minimum atomic E-state index is -0.733. The first kappa shape index (κ1) is 20.8. The number of aryl methyl sites for hydroxylation is 2. The fourth-order valence-electron chi connectivity index (χ4n) is 5.11. The Kier molecular flexibility index (Phi) is 5.14. The third kappa shape index (κ3) is 3.18. The molecule has 33 heavy (non-hydrogen) atoms. The third-order valence-electron chi connectivity index (χ3n) is 6.54. The fourth-order valence-corrected chi connectivity index (χ4v) is 5.11. The molecule has 5 rings (SSSR count). The molecule has 1 aliphatic heterocycles. The van der Waals surface area contributed by atoms with Crippen LogP contribution in [0.25, 0.3) is 27.9 Å². The van der Waals surface area contributed by atoms with Crippen LogP contribution in [0, 0.1) is 25.2 Å². The molecule has 3 aromatic carbocycles. The lowest BCUT2D eigenvalue weighted by molar-refractivity contribution is 0.116. The largest absolute Gasteiger partial charge is 0.449 e. The van der Waals surface area contributed by atoms with E-state index >= 15 is 0 Å². The molecule has 0 saturated carbocycles. The molecule has 0 aliphatic carbocycles. The van der Waals surface area contributed by atoms with Crippen LogP contribution >= 0.6 is 0 Å². The highest BCUT2D eigenvalue weighted by molar-refractivity contribution is 6.12. The van der Waals surface area contributed by atoms with E-state index in [0.29, 0.717) is 0 Å². The maximum atomic E-state index is 12.6. The summed E-state index contributed by atoms with van der Waals surface area (Å²) in [6.45, 7) is 6.95. The van der Waals surface area contributed by atoms with Gasteiger partial charge >= 0.3 is 6.09 Å². The summed E-state index contributed by atoms with van der Waals surface area (Å²) in [4.78, 5) is 14.0. The first-order chi connectivity index (χ1) is 16.1. The van der Waals surface area contributed by atoms with Crippen molar-refractivity contribution in [2.75, 3.05) is 6.61 Å². The van der Waals surface area contributed by atoms with Crippen LogP contribution in [0.4, 0.5) is 4.79 Å². The average molecular weight is 436 g/mol. The van der Waals surface area contributed by atoms with Gasteiger partial charge in [-0.25, -0.2) is 4.79 Å². The van der Waals surface area contributed by atoms with Crippen molar-refractivity contribution in [1.82, 2.24) is 9.47 Å². The minimum Gasteiger partial charge on any atom is -0.449 e. The number of fused-ring (bicyclic) bond motifs is 4. The van der Waals surface area contributed by atoms with Gasteiger partial charge in [-0.2, -0.15) is 5.26 Å². The first-order valence-corrected chi connectivity index (χ1v) is 11.2. The number of hydrogen-bond donors (Lipinski definition) is 0. The molecule has 5 heteroatoms. The molecule has 1 aromatic heterocycles. The van der Waals surface area contributed by atoms with Gasteiger partial charge in [0, 0.05) is 34.6 Å². The Balaban J connectivity index is 1.82. The van der Waals surface area contributed by atoms with Gasteiger partial charge in [0.25, 0.3) is 0 Å². The Morgan fingerprint density at radius 1 is 1.06 bits per heavy atom. The van der Waals surface area contributed by atoms with E-state index in [-0.39, 0.29) is 6.61 Å². The summed E-state index contributed by atoms with van der Waals surface area (Å²) in [5.41, 5.74) is 7.57. The summed E-state index contributed by atoms with van der Waals surface area (Å²) in [7, 11) is 0. The molecule has 0 bridgehead atoms. The van der Waals surface area contributed by atoms with E-state index in [1.165, 1.54) is 16.0 Å². The van der Waals surface area contributed by atoms with Crippen molar-refractivity contribution < 1.29 is 9.53 Å². The van der Waals surface area contributed by atoms with Crippen LogP contribution in [0.2, 0.25) is 0 Å². The molecule has 0 N–H and O–H groups in total. The highest BCUT2D eigenvalue weighted by Crippen LogP contribution is 2.43. The van der Waals surface area contributed by atoms with E-state index in [1.54, 1.807) is 13.1 Å². The smallest absolute Gasteiger partial charge is 0.415 e. The maximum absolute atomic E-state index is 12.6. The third-order valence-corrected chi connectivity index (χ3v) is 6.54. The molecule has 4 aromatic rings. The summed E-state index contributed by atoms with van der Waals surface area (Å²) in [5, 5.41) is 12.4. The van der Waals surface area contributed by atoms with Crippen molar-refractivity contribution in [1.29, 1.82) is 5.26 Å². The molecule has 0 fully saturated rings. The van der Waals surface area contributed by atoms with Crippen molar-refractivity contribution in [2.45, 2.75) is 33.4 Å². The van der Waals surface area contributed by atoms with Gasteiger partial charge in [0.2, 0.25) is 0 Å². The Hall–Kier alpha value is -4.04. The number of benzene rings is 3. The number of carbonyl (C=O) groups is 1. The Bertz CT molecular complexity index is 1460. The van der Waals surface area contributed by atoms with Crippen LogP contribution in [-0.4, -0.2) is 22.2 Å².